The van der Waals surface area contributed by atoms with Gasteiger partial charge >= 0.3 is 5.69 Å². The standard InChI is InChI=1S/C11H13N3O2S/c1-7-8(2)17-9(12-7)6-14-10(15)4-5-13(3)11(14)16/h4-5H,6H2,1-3H3. The summed E-state index contributed by atoms with van der Waals surface area (Å²) >= 11 is 1.51. The Balaban J connectivity index is 2.46. The Morgan fingerprint density at radius 2 is 2.06 bits per heavy atom. The van der Waals surface area contributed by atoms with Gasteiger partial charge in [-0.2, -0.15) is 0 Å². The molecule has 2 rings (SSSR count). The second-order valence-electron chi connectivity index (χ2n) is 3.88. The average Bonchev–Trinajstić information content (AvgIpc) is 2.59. The van der Waals surface area contributed by atoms with Gasteiger partial charge in [-0.3, -0.25) is 9.36 Å². The first-order valence-electron chi connectivity index (χ1n) is 5.18. The average molecular weight is 251 g/mol. The molecule has 0 spiro atoms. The lowest BCUT2D eigenvalue weighted by molar-refractivity contribution is 0.637. The molecule has 0 bridgehead atoms. The quantitative estimate of drug-likeness (QED) is 0.788. The zero-order chi connectivity index (χ0) is 12.6. The van der Waals surface area contributed by atoms with Crippen molar-refractivity contribution >= 4 is 11.3 Å². The van der Waals surface area contributed by atoms with E-state index < -0.39 is 0 Å². The van der Waals surface area contributed by atoms with Crippen LogP contribution in [0.4, 0.5) is 0 Å². The van der Waals surface area contributed by atoms with Crippen molar-refractivity contribution < 1.29 is 0 Å². The van der Waals surface area contributed by atoms with Crippen molar-refractivity contribution in [3.63, 3.8) is 0 Å². The number of aryl methyl sites for hydroxylation is 3. The lowest BCUT2D eigenvalue weighted by Gasteiger charge is -2.03. The predicted molar refractivity (Wildman–Crippen MR) is 66.6 cm³/mol. The molecule has 0 saturated heterocycles. The van der Waals surface area contributed by atoms with E-state index in [2.05, 4.69) is 4.98 Å². The molecule has 2 heterocycles. The Hall–Kier alpha value is -1.69. The van der Waals surface area contributed by atoms with Crippen LogP contribution in [0.15, 0.2) is 21.9 Å². The zero-order valence-corrected chi connectivity index (χ0v) is 10.7. The van der Waals surface area contributed by atoms with Crippen molar-refractivity contribution in [1.29, 1.82) is 0 Å². The van der Waals surface area contributed by atoms with Gasteiger partial charge in [0.2, 0.25) is 0 Å². The molecule has 2 aromatic heterocycles. The monoisotopic (exact) mass is 251 g/mol. The Morgan fingerprint density at radius 3 is 2.65 bits per heavy atom. The van der Waals surface area contributed by atoms with Crippen LogP contribution in [0.5, 0.6) is 0 Å². The van der Waals surface area contributed by atoms with Gasteiger partial charge in [0.1, 0.15) is 5.01 Å². The van der Waals surface area contributed by atoms with E-state index >= 15 is 0 Å². The minimum absolute atomic E-state index is 0.242. The van der Waals surface area contributed by atoms with Crippen molar-refractivity contribution in [1.82, 2.24) is 14.1 Å². The van der Waals surface area contributed by atoms with Gasteiger partial charge in [0.25, 0.3) is 5.56 Å². The van der Waals surface area contributed by atoms with Crippen LogP contribution >= 0.6 is 11.3 Å². The zero-order valence-electron chi connectivity index (χ0n) is 9.93. The van der Waals surface area contributed by atoms with Crippen LogP contribution in [0.25, 0.3) is 0 Å². The summed E-state index contributed by atoms with van der Waals surface area (Å²) in [6.07, 6.45) is 1.47. The molecule has 0 atom stereocenters. The number of thiazole rings is 1. The molecule has 17 heavy (non-hydrogen) atoms. The highest BCUT2D eigenvalue weighted by Gasteiger charge is 2.08. The van der Waals surface area contributed by atoms with Gasteiger partial charge in [-0.15, -0.1) is 11.3 Å². The summed E-state index contributed by atoms with van der Waals surface area (Å²) in [5, 5.41) is 0.783. The molecular weight excluding hydrogens is 238 g/mol. The fraction of sp³-hybridized carbons (Fsp3) is 0.364. The topological polar surface area (TPSA) is 56.9 Å². The molecule has 0 amide bonds. The third-order valence-corrected chi connectivity index (χ3v) is 3.66. The van der Waals surface area contributed by atoms with Crippen LogP contribution in [0, 0.1) is 13.8 Å². The predicted octanol–water partition coefficient (Wildman–Crippen LogP) is 0.669. The normalized spacial score (nSPS) is 10.8. The number of rotatable bonds is 2. The fourth-order valence-corrected chi connectivity index (χ4v) is 2.42. The van der Waals surface area contributed by atoms with Crippen molar-refractivity contribution in [3.05, 3.63) is 48.7 Å². The molecule has 0 radical (unpaired) electrons. The van der Waals surface area contributed by atoms with Crippen molar-refractivity contribution in [2.45, 2.75) is 20.4 Å². The Labute approximate surface area is 102 Å². The third kappa shape index (κ3) is 2.21. The molecule has 2 aromatic rings. The van der Waals surface area contributed by atoms with E-state index in [1.807, 2.05) is 13.8 Å². The van der Waals surface area contributed by atoms with E-state index in [1.54, 1.807) is 7.05 Å². The first-order valence-corrected chi connectivity index (χ1v) is 6.00. The molecule has 0 N–H and O–H groups in total. The molecule has 0 unspecified atom stereocenters. The summed E-state index contributed by atoms with van der Waals surface area (Å²) < 4.78 is 2.58. The second kappa shape index (κ2) is 4.29. The molecule has 0 fully saturated rings. The van der Waals surface area contributed by atoms with Gasteiger partial charge in [0.15, 0.2) is 0 Å². The van der Waals surface area contributed by atoms with Crippen LogP contribution < -0.4 is 11.2 Å². The summed E-state index contributed by atoms with van der Waals surface area (Å²) in [7, 11) is 1.62. The molecule has 0 aliphatic rings. The van der Waals surface area contributed by atoms with Crippen LogP contribution in [0.2, 0.25) is 0 Å². The van der Waals surface area contributed by atoms with Crippen LogP contribution in [-0.4, -0.2) is 14.1 Å². The van der Waals surface area contributed by atoms with Gasteiger partial charge in [0, 0.05) is 24.2 Å². The van der Waals surface area contributed by atoms with Crippen LogP contribution in [0.3, 0.4) is 0 Å². The van der Waals surface area contributed by atoms with E-state index in [0.29, 0.717) is 0 Å². The molecule has 90 valence electrons. The van der Waals surface area contributed by atoms with Crippen molar-refractivity contribution in [3.8, 4) is 0 Å². The lowest BCUT2D eigenvalue weighted by atomic mass is 10.4. The molecular formula is C11H13N3O2S. The summed E-state index contributed by atoms with van der Waals surface area (Å²) in [5.41, 5.74) is 0.340. The summed E-state index contributed by atoms with van der Waals surface area (Å²) in [6.45, 7) is 4.13. The smallest absolute Gasteiger partial charge is 0.303 e. The largest absolute Gasteiger partial charge is 0.331 e. The molecule has 5 nitrogen and oxygen atoms in total. The van der Waals surface area contributed by atoms with Crippen molar-refractivity contribution in [2.75, 3.05) is 0 Å². The SMILES string of the molecule is Cc1nc(Cn2c(=O)ccn(C)c2=O)sc1C. The lowest BCUT2D eigenvalue weighted by Crippen LogP contribution is -2.38. The highest BCUT2D eigenvalue weighted by Crippen LogP contribution is 2.16. The molecule has 0 aromatic carbocycles. The number of aromatic nitrogens is 3. The Morgan fingerprint density at radius 1 is 1.35 bits per heavy atom. The van der Waals surface area contributed by atoms with E-state index in [1.165, 1.54) is 32.7 Å². The Kier molecular flexibility index (Phi) is 2.97. The minimum atomic E-state index is -0.317. The van der Waals surface area contributed by atoms with Crippen molar-refractivity contribution in [2.24, 2.45) is 7.05 Å². The van der Waals surface area contributed by atoms with E-state index in [-0.39, 0.29) is 17.8 Å². The van der Waals surface area contributed by atoms with Gasteiger partial charge < -0.3 is 4.57 Å². The summed E-state index contributed by atoms with van der Waals surface area (Å²) in [5.74, 6) is 0. The molecule has 6 heteroatoms. The summed E-state index contributed by atoms with van der Waals surface area (Å²) in [4.78, 5) is 28.8. The molecule has 0 aliphatic carbocycles. The maximum Gasteiger partial charge on any atom is 0.331 e. The molecule has 0 aliphatic heterocycles. The maximum absolute atomic E-state index is 11.8. The maximum atomic E-state index is 11.8. The summed E-state index contributed by atoms with van der Waals surface area (Å²) in [6, 6.07) is 1.38. The number of hydrogen-bond acceptors (Lipinski definition) is 4. The first-order chi connectivity index (χ1) is 7.99. The highest BCUT2D eigenvalue weighted by molar-refractivity contribution is 7.11. The minimum Gasteiger partial charge on any atom is -0.303 e. The van der Waals surface area contributed by atoms with Crippen LogP contribution in [-0.2, 0) is 13.6 Å². The van der Waals surface area contributed by atoms with Gasteiger partial charge in [-0.05, 0) is 13.8 Å². The van der Waals surface area contributed by atoms with Gasteiger partial charge in [-0.25, -0.2) is 9.78 Å². The van der Waals surface area contributed by atoms with E-state index in [4.69, 9.17) is 0 Å². The van der Waals surface area contributed by atoms with Crippen LogP contribution in [0.1, 0.15) is 15.6 Å². The molecule has 0 saturated carbocycles. The third-order valence-electron chi connectivity index (χ3n) is 2.61. The van der Waals surface area contributed by atoms with E-state index in [9.17, 15) is 9.59 Å². The first kappa shape index (κ1) is 11.8. The van der Waals surface area contributed by atoms with Gasteiger partial charge in [0.05, 0.1) is 12.2 Å². The fourth-order valence-electron chi connectivity index (χ4n) is 1.50. The highest BCUT2D eigenvalue weighted by atomic mass is 32.1. The number of nitrogens with zero attached hydrogens (tertiary/aromatic N) is 3. The second-order valence-corrected chi connectivity index (χ2v) is 5.17. The Bertz CT molecular complexity index is 647. The van der Waals surface area contributed by atoms with Gasteiger partial charge in [-0.1, -0.05) is 0 Å². The van der Waals surface area contributed by atoms with E-state index in [0.717, 1.165) is 15.6 Å². The number of hydrogen-bond donors (Lipinski definition) is 0.